The summed E-state index contributed by atoms with van der Waals surface area (Å²) in [6, 6.07) is 7.83. The Bertz CT molecular complexity index is 5120. The number of benzene rings is 4. The molecule has 43 nitrogen and oxygen atoms in total. The number of nitrogens with two attached hydrogens (primary N) is 6. The van der Waals surface area contributed by atoms with Crippen LogP contribution in [0.25, 0.3) is 21.7 Å². The van der Waals surface area contributed by atoms with Crippen molar-refractivity contribution in [3.63, 3.8) is 0 Å². The number of H-pyrrole nitrogens is 1. The molecule has 0 aliphatic carbocycles. The molecule has 7 rings (SSSR count). The Morgan fingerprint density at radius 2 is 1.24 bits per heavy atom. The summed E-state index contributed by atoms with van der Waals surface area (Å²) < 4.78 is 5.77. The number of carbonyl (C=O) groups is 18. The standard InChI is InChI=1S/C90H125N23O20S/c1-50-16-13-20-61-59(47-100-75(50)61)44-68-82(125)102-62(22-15-37-99-89(96)132)77(120)109-71(49-134-39-31-65(101-53(4)116)79(122)103-64(29-30-72(93)117)80(123)111-76(51(2)114)86(129)107-68)84(127)104-66(41-54-24-27-60(28-25-54)133-38-34-92)81(124)105-67(42-55-23-26-57-18-7-8-19-58(57)40-55)85(128)112-90(5,32-10-11-33-91)88(131)110-63(21-9-12-36-98-52(3)115)78(121)106-69(45-73(94)118)83(126)108-70(43-56-17-14-35-97-46-56)87(130)113(6)48-74(95)119/h7-8,13-14,16-20,23-28,35,40,46-47,51,62-71,76,100,114H,9-12,15,21-22,29-34,36-39,41-45,48-49,91-92H2,1-6H3,(H2,93,117)(H2,94,118)(H2,95,119)(H,98,115)(H,101,116)(H,102,125)(H,103,122)(H,104,127)(H,105,124)(H,106,121)(H,107,129)(H,108,126)(H,109,120)(H,110,131)(H,111,123)(H,112,128)(H3,96,99,132)/t51-,62+,63+,64+,65+,66+,67+,68+,69+,70+,71+,76+,90?/m1/s1. The van der Waals surface area contributed by atoms with E-state index in [1.165, 1.54) is 33.3 Å². The summed E-state index contributed by atoms with van der Waals surface area (Å²) in [6.07, 6.45) is -0.654. The highest BCUT2D eigenvalue weighted by atomic mass is 32.2. The number of likely N-dealkylation sites (N-methyl/N-ethyl adjacent to an activating group) is 1. The molecule has 0 bridgehead atoms. The lowest BCUT2D eigenvalue weighted by molar-refractivity contribution is -0.139. The molecule has 1 unspecified atom stereocenters. The Labute approximate surface area is 778 Å². The summed E-state index contributed by atoms with van der Waals surface area (Å²) in [4.78, 5) is 263. The van der Waals surface area contributed by atoms with E-state index in [0.29, 0.717) is 44.3 Å². The molecule has 44 heteroatoms. The van der Waals surface area contributed by atoms with Gasteiger partial charge < -0.3 is 129 Å². The third kappa shape index (κ3) is 35.0. The van der Waals surface area contributed by atoms with Gasteiger partial charge in [0.25, 0.3) is 0 Å². The van der Waals surface area contributed by atoms with Crippen molar-refractivity contribution in [2.24, 2.45) is 34.4 Å². The maximum atomic E-state index is 16.0. The second-order valence-corrected chi connectivity index (χ2v) is 34.3. The highest BCUT2D eigenvalue weighted by molar-refractivity contribution is 7.99. The minimum atomic E-state index is -2.06. The van der Waals surface area contributed by atoms with Gasteiger partial charge in [-0.2, -0.15) is 11.8 Å². The number of urea groups is 1. The highest BCUT2D eigenvalue weighted by Crippen LogP contribution is 2.26. The van der Waals surface area contributed by atoms with Crippen LogP contribution >= 0.6 is 11.8 Å². The molecule has 0 spiro atoms. The maximum Gasteiger partial charge on any atom is 0.312 e. The molecule has 0 saturated carbocycles. The number of aromatic amines is 1. The number of ether oxygens (including phenoxy) is 1. The molecule has 2 aromatic heterocycles. The van der Waals surface area contributed by atoms with Gasteiger partial charge in [0.1, 0.15) is 84.4 Å². The molecule has 13 atom stereocenters. The number of rotatable bonds is 46. The summed E-state index contributed by atoms with van der Waals surface area (Å²) in [7, 11) is 1.26. The number of aromatic nitrogens is 2. The SMILES string of the molecule is CC(=O)NCCCC[C@H](NC(=O)C(C)(CCCCN)NC(=O)[C@H](Cc1ccc2ccccc2c1)NC(=O)[C@H](Cc1ccc(OCCN)cc1)NC(=O)[C@@H]1CSCC[C@H](NC(C)=O)C(=O)N[C@@H](CCC(N)=O)C(=O)N[C@@H]([C@@H](C)O)C(=O)N[C@@H](Cc2c[nH]c3c(C)cccc23)C(=O)N[C@@H](CCCNC(N)=O)C(=O)N1)C(=O)N[C@@H](CC(N)=O)C(=O)N[C@@H](Cc1cccnc1)C(=O)N(C)CC(N)=O. The van der Waals surface area contributed by atoms with Crippen molar-refractivity contribution in [2.75, 3.05) is 57.9 Å². The monoisotopic (exact) mass is 1880 g/mol. The van der Waals surface area contributed by atoms with Gasteiger partial charge in [-0.25, -0.2) is 4.79 Å². The predicted octanol–water partition coefficient (Wildman–Crippen LogP) is -3.65. The number of para-hydroxylation sites is 1. The number of thioether (sulfide) groups is 1. The van der Waals surface area contributed by atoms with E-state index in [4.69, 9.17) is 39.1 Å². The van der Waals surface area contributed by atoms with Crippen LogP contribution in [0.2, 0.25) is 0 Å². The van der Waals surface area contributed by atoms with Gasteiger partial charge in [0.05, 0.1) is 19.1 Å². The van der Waals surface area contributed by atoms with E-state index in [1.807, 2.05) is 31.2 Å². The smallest absolute Gasteiger partial charge is 0.312 e. The van der Waals surface area contributed by atoms with E-state index in [9.17, 15) is 62.6 Å². The lowest BCUT2D eigenvalue weighted by Gasteiger charge is -2.34. The minimum absolute atomic E-state index is 0.0833. The molecule has 6 aromatic rings. The van der Waals surface area contributed by atoms with E-state index in [2.05, 4.69) is 84.4 Å². The Morgan fingerprint density at radius 1 is 0.604 bits per heavy atom. The van der Waals surface area contributed by atoms with E-state index in [0.717, 1.165) is 41.5 Å². The molecule has 19 amide bonds. The van der Waals surface area contributed by atoms with Crippen LogP contribution < -0.4 is 114 Å². The minimum Gasteiger partial charge on any atom is -0.492 e. The molecule has 134 heavy (non-hydrogen) atoms. The quantitative estimate of drug-likeness (QED) is 0.0164. The first kappa shape index (κ1) is 107. The highest BCUT2D eigenvalue weighted by Gasteiger charge is 2.43. The zero-order chi connectivity index (χ0) is 98.3. The molecule has 4 aromatic carbocycles. The normalized spacial score (nSPS) is 18.1. The first-order valence-corrected chi connectivity index (χ1v) is 45.2. The fraction of sp³-hybridized carbons (Fsp3) is 0.478. The molecular weight excluding hydrogens is 1760 g/mol. The van der Waals surface area contributed by atoms with Crippen LogP contribution in [0.3, 0.4) is 0 Å². The van der Waals surface area contributed by atoms with Crippen molar-refractivity contribution >= 4 is 140 Å². The van der Waals surface area contributed by atoms with Crippen molar-refractivity contribution in [3.8, 4) is 5.75 Å². The average molecular weight is 1880 g/mol. The predicted molar refractivity (Wildman–Crippen MR) is 495 cm³/mol. The number of primary amides is 4. The van der Waals surface area contributed by atoms with Gasteiger partial charge in [0, 0.05) is 108 Å². The number of nitrogens with one attached hydrogen (secondary N) is 15. The van der Waals surface area contributed by atoms with Crippen molar-refractivity contribution in [1.82, 2.24) is 89.3 Å². The van der Waals surface area contributed by atoms with Gasteiger partial charge in [-0.05, 0) is 154 Å². The van der Waals surface area contributed by atoms with Crippen LogP contribution in [0.15, 0.2) is 116 Å². The molecular formula is C90H125N23O20S. The van der Waals surface area contributed by atoms with Gasteiger partial charge in [0.15, 0.2) is 0 Å². The lowest BCUT2D eigenvalue weighted by Crippen LogP contribution is -2.64. The molecule has 726 valence electrons. The second-order valence-electron chi connectivity index (χ2n) is 33.1. The van der Waals surface area contributed by atoms with Crippen LogP contribution in [-0.4, -0.2) is 262 Å². The van der Waals surface area contributed by atoms with Crippen molar-refractivity contribution in [1.29, 1.82) is 0 Å². The van der Waals surface area contributed by atoms with E-state index < -0.39 is 217 Å². The Morgan fingerprint density at radius 3 is 1.90 bits per heavy atom. The number of amides is 19. The van der Waals surface area contributed by atoms with Crippen LogP contribution in [-0.2, 0) is 107 Å². The molecule has 3 heterocycles. The van der Waals surface area contributed by atoms with Crippen molar-refractivity contribution in [2.45, 2.75) is 215 Å². The van der Waals surface area contributed by atoms with Gasteiger partial charge in [0.2, 0.25) is 100 Å². The van der Waals surface area contributed by atoms with E-state index in [1.54, 1.807) is 79.0 Å². The van der Waals surface area contributed by atoms with Crippen LogP contribution in [0, 0.1) is 6.92 Å². The van der Waals surface area contributed by atoms with Gasteiger partial charge in [-0.1, -0.05) is 78.9 Å². The molecule has 28 N–H and O–H groups in total. The largest absolute Gasteiger partial charge is 0.492 e. The van der Waals surface area contributed by atoms with Crippen molar-refractivity contribution in [3.05, 3.63) is 143 Å². The number of aliphatic hydroxyl groups is 1. The van der Waals surface area contributed by atoms with Gasteiger partial charge in [-0.3, -0.25) is 86.5 Å². The van der Waals surface area contributed by atoms with Gasteiger partial charge in [-0.15, -0.1) is 0 Å². The summed E-state index contributed by atoms with van der Waals surface area (Å²) in [5.74, 6) is -16.6. The summed E-state index contributed by atoms with van der Waals surface area (Å²) in [5, 5.41) is 50.2. The van der Waals surface area contributed by atoms with E-state index >= 15 is 28.8 Å². The van der Waals surface area contributed by atoms with Crippen LogP contribution in [0.1, 0.15) is 133 Å². The zero-order valence-electron chi connectivity index (χ0n) is 75.8. The summed E-state index contributed by atoms with van der Waals surface area (Å²) in [5.41, 5.74) is 35.1. The first-order valence-electron chi connectivity index (χ1n) is 44.1. The number of carbonyl (C=O) groups excluding carboxylic acids is 18. The first-order chi connectivity index (χ1) is 63.7. The van der Waals surface area contributed by atoms with Crippen LogP contribution in [0.5, 0.6) is 5.75 Å². The Hall–Kier alpha value is -13.9. The van der Waals surface area contributed by atoms with E-state index in [-0.39, 0.29) is 121 Å². The molecule has 1 aliphatic rings. The Kier molecular flexibility index (Phi) is 42.8. The fourth-order valence-corrected chi connectivity index (χ4v) is 15.9. The zero-order valence-corrected chi connectivity index (χ0v) is 76.7. The number of pyridine rings is 1. The number of aliphatic hydroxyl groups excluding tert-OH is 1. The number of aryl methyl sites for hydroxylation is 1. The lowest BCUT2D eigenvalue weighted by atomic mass is 9.91. The van der Waals surface area contributed by atoms with Gasteiger partial charge >= 0.3 is 6.03 Å². The summed E-state index contributed by atoms with van der Waals surface area (Å²) >= 11 is 0.941. The number of hydrogen-bond donors (Lipinski definition) is 22. The molecule has 0 radical (unpaired) electrons. The number of fused-ring (bicyclic) bond motifs is 2. The Balaban J connectivity index is 1.32. The van der Waals surface area contributed by atoms with Crippen molar-refractivity contribution < 1.29 is 96.1 Å². The third-order valence-corrected chi connectivity index (χ3v) is 23.1. The average Bonchev–Trinajstić information content (AvgIpc) is 1.59. The fourth-order valence-electron chi connectivity index (χ4n) is 14.9. The summed E-state index contributed by atoms with van der Waals surface area (Å²) in [6.45, 7) is 6.47. The number of nitrogens with zero attached hydrogens (tertiary/aromatic N) is 2. The second kappa shape index (κ2) is 53.6. The maximum absolute atomic E-state index is 16.0. The topological polar surface area (TPSA) is 693 Å². The number of unbranched alkanes of at least 4 members (excludes halogenated alkanes) is 2. The third-order valence-electron chi connectivity index (χ3n) is 22.0. The molecule has 1 fully saturated rings. The molecule has 1 saturated heterocycles. The molecule has 1 aliphatic heterocycles. The van der Waals surface area contributed by atoms with Crippen LogP contribution in [0.4, 0.5) is 4.79 Å². The number of hydrogen-bond acceptors (Lipinski definition) is 24.